The number of para-hydroxylation sites is 1. The largest absolute Gasteiger partial charge is 0.497 e. The second kappa shape index (κ2) is 9.52. The maximum Gasteiger partial charge on any atom is 0.273 e. The van der Waals surface area contributed by atoms with Crippen molar-refractivity contribution in [3.63, 3.8) is 0 Å². The van der Waals surface area contributed by atoms with Crippen LogP contribution in [0.3, 0.4) is 0 Å². The lowest BCUT2D eigenvalue weighted by Gasteiger charge is -2.09. The molecule has 1 heterocycles. The molecule has 3 aromatic rings. The Morgan fingerprint density at radius 2 is 1.83 bits per heavy atom. The Bertz CT molecular complexity index is 1030. The van der Waals surface area contributed by atoms with Gasteiger partial charge in [-0.25, -0.2) is 5.43 Å². The van der Waals surface area contributed by atoms with E-state index in [0.29, 0.717) is 33.2 Å². The lowest BCUT2D eigenvalue weighted by Crippen LogP contribution is -2.21. The van der Waals surface area contributed by atoms with Crippen LogP contribution in [0.25, 0.3) is 0 Å². The van der Waals surface area contributed by atoms with E-state index in [-0.39, 0.29) is 5.91 Å². The number of hydrazone groups is 1. The van der Waals surface area contributed by atoms with Crippen LogP contribution in [0.15, 0.2) is 65.1 Å². The van der Waals surface area contributed by atoms with Crippen LogP contribution in [-0.2, 0) is 0 Å². The number of ether oxygens (including phenoxy) is 2. The number of carbonyl (C=O) groups is 2. The molecule has 0 unspecified atom stereocenters. The van der Waals surface area contributed by atoms with Crippen molar-refractivity contribution in [3.05, 3.63) is 76.0 Å². The molecule has 148 valence electrons. The van der Waals surface area contributed by atoms with Crippen LogP contribution in [0.5, 0.6) is 11.5 Å². The van der Waals surface area contributed by atoms with E-state index in [1.165, 1.54) is 17.6 Å². The second-order valence-electron chi connectivity index (χ2n) is 5.78. The summed E-state index contributed by atoms with van der Waals surface area (Å²) in [6, 6.07) is 15.5. The predicted octanol–water partition coefficient (Wildman–Crippen LogP) is 3.78. The number of nitrogens with one attached hydrogen (secondary N) is 2. The molecule has 0 radical (unpaired) electrons. The normalized spacial score (nSPS) is 10.6. The number of thiophene rings is 1. The van der Waals surface area contributed by atoms with Crippen molar-refractivity contribution in [2.45, 2.75) is 0 Å². The molecule has 2 amide bonds. The topological polar surface area (TPSA) is 89.0 Å². The molecule has 0 spiro atoms. The molecule has 0 aliphatic rings. The van der Waals surface area contributed by atoms with Gasteiger partial charge in [-0.15, -0.1) is 11.3 Å². The molecular weight excluding hydrogens is 390 g/mol. The summed E-state index contributed by atoms with van der Waals surface area (Å²) in [6.07, 6.45) is 1.46. The monoisotopic (exact) mass is 409 g/mol. The Morgan fingerprint density at radius 3 is 2.55 bits per heavy atom. The molecule has 3 rings (SSSR count). The van der Waals surface area contributed by atoms with Gasteiger partial charge in [-0.1, -0.05) is 18.2 Å². The summed E-state index contributed by atoms with van der Waals surface area (Å²) in [5.41, 5.74) is 3.81. The minimum absolute atomic E-state index is 0.273. The van der Waals surface area contributed by atoms with Gasteiger partial charge in [-0.2, -0.15) is 5.10 Å². The van der Waals surface area contributed by atoms with E-state index in [2.05, 4.69) is 15.8 Å². The van der Waals surface area contributed by atoms with E-state index < -0.39 is 5.91 Å². The third-order valence-corrected chi connectivity index (χ3v) is 4.84. The minimum Gasteiger partial charge on any atom is -0.497 e. The van der Waals surface area contributed by atoms with E-state index in [1.807, 2.05) is 5.38 Å². The van der Waals surface area contributed by atoms with Crippen molar-refractivity contribution < 1.29 is 19.1 Å². The number of hydrogen-bond donors (Lipinski definition) is 2. The number of methoxy groups -OCH3 is 2. The first-order chi connectivity index (χ1) is 14.1. The Balaban J connectivity index is 1.73. The summed E-state index contributed by atoms with van der Waals surface area (Å²) in [5, 5.41) is 8.57. The zero-order chi connectivity index (χ0) is 20.6. The molecule has 0 aliphatic carbocycles. The lowest BCUT2D eigenvalue weighted by molar-refractivity contribution is 0.0956. The third kappa shape index (κ3) is 4.99. The smallest absolute Gasteiger partial charge is 0.273 e. The van der Waals surface area contributed by atoms with Crippen LogP contribution < -0.4 is 20.2 Å². The summed E-state index contributed by atoms with van der Waals surface area (Å²) in [4.78, 5) is 25.4. The zero-order valence-electron chi connectivity index (χ0n) is 15.8. The molecule has 1 aromatic heterocycles. The molecule has 2 aromatic carbocycles. The van der Waals surface area contributed by atoms with Crippen molar-refractivity contribution >= 4 is 35.1 Å². The number of benzene rings is 2. The molecule has 0 bridgehead atoms. The van der Waals surface area contributed by atoms with Crippen molar-refractivity contribution in [2.75, 3.05) is 19.5 Å². The molecule has 29 heavy (non-hydrogen) atoms. The van der Waals surface area contributed by atoms with Gasteiger partial charge in [0.1, 0.15) is 11.5 Å². The van der Waals surface area contributed by atoms with Crippen LogP contribution in [0.2, 0.25) is 0 Å². The Morgan fingerprint density at radius 1 is 1.00 bits per heavy atom. The number of rotatable bonds is 7. The third-order valence-electron chi connectivity index (χ3n) is 3.97. The minimum atomic E-state index is -0.454. The van der Waals surface area contributed by atoms with Crippen LogP contribution in [0.1, 0.15) is 25.6 Å². The van der Waals surface area contributed by atoms with Gasteiger partial charge in [0.05, 0.1) is 36.6 Å². The van der Waals surface area contributed by atoms with Crippen LogP contribution in [0.4, 0.5) is 5.69 Å². The molecule has 7 nitrogen and oxygen atoms in total. The zero-order valence-corrected chi connectivity index (χ0v) is 16.7. The van der Waals surface area contributed by atoms with Gasteiger partial charge < -0.3 is 14.8 Å². The maximum absolute atomic E-state index is 12.6. The van der Waals surface area contributed by atoms with E-state index in [4.69, 9.17) is 9.47 Å². The van der Waals surface area contributed by atoms with Gasteiger partial charge in [-0.05, 0) is 41.8 Å². The highest BCUT2D eigenvalue weighted by Gasteiger charge is 2.14. The summed E-state index contributed by atoms with van der Waals surface area (Å²) in [5.74, 6) is 0.502. The Labute approximate surface area is 172 Å². The Kier molecular flexibility index (Phi) is 6.59. The number of hydrogen-bond acceptors (Lipinski definition) is 6. The fourth-order valence-corrected chi connectivity index (χ4v) is 3.16. The average Bonchev–Trinajstić information content (AvgIpc) is 3.29. The van der Waals surface area contributed by atoms with Gasteiger partial charge >= 0.3 is 0 Å². The van der Waals surface area contributed by atoms with Gasteiger partial charge in [-0.3, -0.25) is 9.59 Å². The number of carbonyl (C=O) groups excluding carboxylic acids is 2. The fourth-order valence-electron chi connectivity index (χ4n) is 2.54. The standard InChI is InChI=1S/C21H19N3O4S/c1-27-15-9-10-18(28-2)14(12-15)13-22-24-20(25)16-6-3-4-7-17(16)23-21(26)19-8-5-11-29-19/h3-13H,1-2H3,(H,23,26)(H,24,25)/b22-13-. The fraction of sp³-hybridized carbons (Fsp3) is 0.0952. The number of amides is 2. The Hall–Kier alpha value is -3.65. The average molecular weight is 409 g/mol. The number of anilines is 1. The maximum atomic E-state index is 12.6. The first-order valence-corrected chi connectivity index (χ1v) is 9.49. The van der Waals surface area contributed by atoms with Crippen LogP contribution >= 0.6 is 11.3 Å². The van der Waals surface area contributed by atoms with Crippen LogP contribution in [0, 0.1) is 0 Å². The van der Waals surface area contributed by atoms with Crippen molar-refractivity contribution in [2.24, 2.45) is 5.10 Å². The summed E-state index contributed by atoms with van der Waals surface area (Å²) in [6.45, 7) is 0. The van der Waals surface area contributed by atoms with Gasteiger partial charge in [0.15, 0.2) is 0 Å². The molecule has 0 aliphatic heterocycles. The lowest BCUT2D eigenvalue weighted by atomic mass is 10.1. The highest BCUT2D eigenvalue weighted by Crippen LogP contribution is 2.22. The summed E-state index contributed by atoms with van der Waals surface area (Å²) >= 11 is 1.32. The van der Waals surface area contributed by atoms with E-state index >= 15 is 0 Å². The summed E-state index contributed by atoms with van der Waals surface area (Å²) in [7, 11) is 3.11. The highest BCUT2D eigenvalue weighted by atomic mass is 32.1. The highest BCUT2D eigenvalue weighted by molar-refractivity contribution is 7.12. The molecule has 2 N–H and O–H groups in total. The molecule has 0 fully saturated rings. The first kappa shape index (κ1) is 20.1. The van der Waals surface area contributed by atoms with E-state index in [9.17, 15) is 9.59 Å². The molecule has 0 saturated heterocycles. The quantitative estimate of drug-likeness (QED) is 0.459. The van der Waals surface area contributed by atoms with Gasteiger partial charge in [0.25, 0.3) is 11.8 Å². The molecule has 0 atom stereocenters. The summed E-state index contributed by atoms with van der Waals surface area (Å²) < 4.78 is 10.5. The second-order valence-corrected chi connectivity index (χ2v) is 6.73. The van der Waals surface area contributed by atoms with Gasteiger partial charge in [0, 0.05) is 5.56 Å². The predicted molar refractivity (Wildman–Crippen MR) is 113 cm³/mol. The van der Waals surface area contributed by atoms with Crippen LogP contribution in [-0.4, -0.2) is 32.2 Å². The number of nitrogens with zero attached hydrogens (tertiary/aromatic N) is 1. The molecular formula is C21H19N3O4S. The first-order valence-electron chi connectivity index (χ1n) is 8.61. The van der Waals surface area contributed by atoms with E-state index in [0.717, 1.165) is 0 Å². The SMILES string of the molecule is COc1ccc(OC)c(/C=N\NC(=O)c2ccccc2NC(=O)c2cccs2)c1. The van der Waals surface area contributed by atoms with Crippen molar-refractivity contribution in [1.29, 1.82) is 0 Å². The van der Waals surface area contributed by atoms with E-state index in [1.54, 1.807) is 68.8 Å². The molecule has 0 saturated carbocycles. The van der Waals surface area contributed by atoms with Crippen molar-refractivity contribution in [1.82, 2.24) is 5.43 Å². The molecule has 8 heteroatoms. The van der Waals surface area contributed by atoms with Crippen molar-refractivity contribution in [3.8, 4) is 11.5 Å². The van der Waals surface area contributed by atoms with Gasteiger partial charge in [0.2, 0.25) is 0 Å².